The Hall–Kier alpha value is -1.05. The molecule has 0 saturated carbocycles. The van der Waals surface area contributed by atoms with Crippen molar-refractivity contribution in [3.05, 3.63) is 23.5 Å². The summed E-state index contributed by atoms with van der Waals surface area (Å²) in [5.41, 5.74) is 1.98. The Bertz CT molecular complexity index is 166. The summed E-state index contributed by atoms with van der Waals surface area (Å²) in [7, 11) is 1.88. The third kappa shape index (κ3) is 3.07. The van der Waals surface area contributed by atoms with E-state index in [2.05, 4.69) is 17.0 Å². The second-order valence-corrected chi connectivity index (χ2v) is 1.94. The van der Waals surface area contributed by atoms with Crippen molar-refractivity contribution in [1.82, 2.24) is 5.32 Å². The van der Waals surface area contributed by atoms with Crippen molar-refractivity contribution in [2.75, 3.05) is 7.05 Å². The summed E-state index contributed by atoms with van der Waals surface area (Å²) in [6.07, 6.45) is 3.92. The third-order valence-corrected chi connectivity index (χ3v) is 1.21. The second-order valence-electron chi connectivity index (χ2n) is 1.94. The Morgan fingerprint density at radius 2 is 2.20 bits per heavy atom. The van der Waals surface area contributed by atoms with E-state index < -0.39 is 0 Å². The van der Waals surface area contributed by atoms with E-state index >= 15 is 0 Å². The molecular formula is C8H14N2. The van der Waals surface area contributed by atoms with Crippen LogP contribution < -0.4 is 5.32 Å². The fourth-order valence-corrected chi connectivity index (χ4v) is 0.571. The van der Waals surface area contributed by atoms with Gasteiger partial charge in [0, 0.05) is 18.4 Å². The smallest absolute Gasteiger partial charge is 0.0385 e. The first-order valence-electron chi connectivity index (χ1n) is 3.23. The molecule has 0 aliphatic heterocycles. The van der Waals surface area contributed by atoms with Gasteiger partial charge in [-0.05, 0) is 26.6 Å². The number of nitrogens with one attached hydrogen (secondary N) is 1. The molecule has 56 valence electrons. The fraction of sp³-hybridized carbons (Fsp3) is 0.375. The highest BCUT2D eigenvalue weighted by molar-refractivity contribution is 5.31. The van der Waals surface area contributed by atoms with Crippen molar-refractivity contribution in [2.45, 2.75) is 13.8 Å². The molecule has 0 aromatic heterocycles. The average molecular weight is 138 g/mol. The first-order valence-corrected chi connectivity index (χ1v) is 3.23. The number of allylic oxidation sites excluding steroid dienone is 3. The van der Waals surface area contributed by atoms with Crippen molar-refractivity contribution >= 4 is 6.72 Å². The predicted octanol–water partition coefficient (Wildman–Crippen LogP) is 1.71. The van der Waals surface area contributed by atoms with Gasteiger partial charge in [0.05, 0.1) is 0 Å². The van der Waals surface area contributed by atoms with E-state index in [1.807, 2.05) is 33.0 Å². The molecule has 0 radical (unpaired) electrons. The van der Waals surface area contributed by atoms with Crippen LogP contribution in [-0.2, 0) is 0 Å². The van der Waals surface area contributed by atoms with Gasteiger partial charge in [-0.1, -0.05) is 6.08 Å². The number of hydrogen-bond donors (Lipinski definition) is 1. The lowest BCUT2D eigenvalue weighted by Crippen LogP contribution is -2.02. The minimum atomic E-state index is 0.919. The van der Waals surface area contributed by atoms with Crippen LogP contribution in [-0.4, -0.2) is 13.8 Å². The normalized spacial score (nSPS) is 13.1. The van der Waals surface area contributed by atoms with Crippen LogP contribution in [0.3, 0.4) is 0 Å². The second kappa shape index (κ2) is 4.79. The standard InChI is InChI=1S/C8H14N2/c1-5-8(10-4)6-7(2)9-3/h5-6,10H,3H2,1-2,4H3/b7-6-,8-5+. The highest BCUT2D eigenvalue weighted by atomic mass is 14.8. The van der Waals surface area contributed by atoms with Crippen molar-refractivity contribution in [3.63, 3.8) is 0 Å². The summed E-state index contributed by atoms with van der Waals surface area (Å²) in [6, 6.07) is 0. The summed E-state index contributed by atoms with van der Waals surface area (Å²) < 4.78 is 0. The Morgan fingerprint density at radius 3 is 2.50 bits per heavy atom. The highest BCUT2D eigenvalue weighted by Crippen LogP contribution is 1.98. The number of nitrogens with zero attached hydrogens (tertiary/aromatic N) is 1. The van der Waals surface area contributed by atoms with Gasteiger partial charge in [0.1, 0.15) is 0 Å². The van der Waals surface area contributed by atoms with Crippen molar-refractivity contribution in [3.8, 4) is 0 Å². The largest absolute Gasteiger partial charge is 0.388 e. The highest BCUT2D eigenvalue weighted by Gasteiger charge is 1.85. The Labute approximate surface area is 62.4 Å². The van der Waals surface area contributed by atoms with Crippen LogP contribution in [0.2, 0.25) is 0 Å². The molecule has 0 saturated heterocycles. The zero-order valence-corrected chi connectivity index (χ0v) is 6.81. The van der Waals surface area contributed by atoms with Gasteiger partial charge in [-0.2, -0.15) is 0 Å². The number of likely N-dealkylation sites (N-methyl/N-ethyl adjacent to an activating group) is 1. The molecule has 0 aliphatic carbocycles. The molecule has 1 N–H and O–H groups in total. The van der Waals surface area contributed by atoms with Gasteiger partial charge in [0.15, 0.2) is 0 Å². The van der Waals surface area contributed by atoms with E-state index in [4.69, 9.17) is 0 Å². The molecule has 0 rings (SSSR count). The van der Waals surface area contributed by atoms with E-state index in [1.54, 1.807) is 0 Å². The summed E-state index contributed by atoms with van der Waals surface area (Å²) >= 11 is 0. The summed E-state index contributed by atoms with van der Waals surface area (Å²) in [5, 5.41) is 3.01. The zero-order chi connectivity index (χ0) is 7.98. The molecule has 0 aromatic rings. The van der Waals surface area contributed by atoms with Crippen LogP contribution in [0.25, 0.3) is 0 Å². The molecule has 0 heterocycles. The maximum Gasteiger partial charge on any atom is 0.0385 e. The number of rotatable bonds is 3. The molecule has 0 fully saturated rings. The van der Waals surface area contributed by atoms with Crippen LogP contribution in [0.15, 0.2) is 28.5 Å². The van der Waals surface area contributed by atoms with E-state index in [0.29, 0.717) is 0 Å². The maximum atomic E-state index is 3.75. The molecule has 0 atom stereocenters. The SMILES string of the molecule is C=N/C(C)=C\C(=C/C)NC. The molecule has 0 aromatic carbocycles. The lowest BCUT2D eigenvalue weighted by atomic mass is 10.3. The number of hydrogen-bond acceptors (Lipinski definition) is 2. The fourth-order valence-electron chi connectivity index (χ4n) is 0.571. The molecule has 2 nitrogen and oxygen atoms in total. The van der Waals surface area contributed by atoms with Crippen LogP contribution in [0.4, 0.5) is 0 Å². The Kier molecular flexibility index (Phi) is 4.29. The van der Waals surface area contributed by atoms with Gasteiger partial charge in [-0.25, -0.2) is 0 Å². The van der Waals surface area contributed by atoms with Crippen LogP contribution in [0, 0.1) is 0 Å². The Morgan fingerprint density at radius 1 is 1.60 bits per heavy atom. The quantitative estimate of drug-likeness (QED) is 0.466. The first-order chi connectivity index (χ1) is 4.74. The van der Waals surface area contributed by atoms with Gasteiger partial charge in [-0.3, -0.25) is 4.99 Å². The number of aliphatic imine (C=N–C) groups is 1. The van der Waals surface area contributed by atoms with E-state index in [9.17, 15) is 0 Å². The van der Waals surface area contributed by atoms with Crippen LogP contribution >= 0.6 is 0 Å². The van der Waals surface area contributed by atoms with Gasteiger partial charge in [-0.15, -0.1) is 0 Å². The molecule has 10 heavy (non-hydrogen) atoms. The minimum absolute atomic E-state index is 0.919. The summed E-state index contributed by atoms with van der Waals surface area (Å²) in [5.74, 6) is 0. The molecular weight excluding hydrogens is 124 g/mol. The van der Waals surface area contributed by atoms with E-state index in [0.717, 1.165) is 11.4 Å². The van der Waals surface area contributed by atoms with Gasteiger partial charge in [0.25, 0.3) is 0 Å². The Balaban J connectivity index is 4.22. The van der Waals surface area contributed by atoms with Gasteiger partial charge >= 0.3 is 0 Å². The summed E-state index contributed by atoms with van der Waals surface area (Å²) in [6.45, 7) is 7.29. The lowest BCUT2D eigenvalue weighted by Gasteiger charge is -1.98. The predicted molar refractivity (Wildman–Crippen MR) is 46.1 cm³/mol. The van der Waals surface area contributed by atoms with Crippen molar-refractivity contribution < 1.29 is 0 Å². The molecule has 0 amide bonds. The molecule has 0 spiro atoms. The lowest BCUT2D eigenvalue weighted by molar-refractivity contribution is 1.02. The summed E-state index contributed by atoms with van der Waals surface area (Å²) in [4.78, 5) is 3.75. The van der Waals surface area contributed by atoms with Gasteiger partial charge < -0.3 is 5.32 Å². The zero-order valence-electron chi connectivity index (χ0n) is 6.81. The molecule has 0 bridgehead atoms. The van der Waals surface area contributed by atoms with Crippen LogP contribution in [0.5, 0.6) is 0 Å². The molecule has 0 unspecified atom stereocenters. The van der Waals surface area contributed by atoms with Crippen LogP contribution in [0.1, 0.15) is 13.8 Å². The van der Waals surface area contributed by atoms with Gasteiger partial charge in [0.2, 0.25) is 0 Å². The molecule has 2 heteroatoms. The third-order valence-electron chi connectivity index (χ3n) is 1.21. The molecule has 0 aliphatic rings. The average Bonchev–Trinajstić information content (AvgIpc) is 1.99. The van der Waals surface area contributed by atoms with Crippen molar-refractivity contribution in [2.24, 2.45) is 4.99 Å². The van der Waals surface area contributed by atoms with E-state index in [1.165, 1.54) is 0 Å². The van der Waals surface area contributed by atoms with E-state index in [-0.39, 0.29) is 0 Å². The minimum Gasteiger partial charge on any atom is -0.388 e. The first kappa shape index (κ1) is 8.95. The monoisotopic (exact) mass is 138 g/mol. The topological polar surface area (TPSA) is 24.4 Å². The van der Waals surface area contributed by atoms with Crippen molar-refractivity contribution in [1.29, 1.82) is 0 Å². The maximum absolute atomic E-state index is 3.75.